The summed E-state index contributed by atoms with van der Waals surface area (Å²) < 4.78 is 1.78. The third-order valence-corrected chi connectivity index (χ3v) is 4.50. The van der Waals surface area contributed by atoms with Crippen LogP contribution in [0.5, 0.6) is 0 Å². The molecule has 1 aromatic carbocycles. The van der Waals surface area contributed by atoms with Gasteiger partial charge in [-0.05, 0) is 44.2 Å². The number of nitrogens with zero attached hydrogens (tertiary/aromatic N) is 4. The van der Waals surface area contributed by atoms with Gasteiger partial charge in [0.25, 0.3) is 0 Å². The van der Waals surface area contributed by atoms with Gasteiger partial charge in [-0.25, -0.2) is 9.67 Å². The maximum atomic E-state index is 9.81. The molecule has 0 saturated carbocycles. The van der Waals surface area contributed by atoms with Gasteiger partial charge in [0.1, 0.15) is 0 Å². The van der Waals surface area contributed by atoms with Crippen molar-refractivity contribution in [3.63, 3.8) is 0 Å². The third kappa shape index (κ3) is 3.32. The van der Waals surface area contributed by atoms with Crippen LogP contribution in [0.2, 0.25) is 0 Å². The Kier molecular flexibility index (Phi) is 4.43. The van der Waals surface area contributed by atoms with E-state index in [2.05, 4.69) is 15.1 Å². The van der Waals surface area contributed by atoms with E-state index in [0.717, 1.165) is 27.9 Å². The molecule has 0 bridgehead atoms. The predicted molar refractivity (Wildman–Crippen MR) is 105 cm³/mol. The van der Waals surface area contributed by atoms with Gasteiger partial charge in [-0.1, -0.05) is 24.3 Å². The lowest BCUT2D eigenvalue weighted by molar-refractivity contribution is 0.194. The zero-order valence-corrected chi connectivity index (χ0v) is 15.2. The van der Waals surface area contributed by atoms with Gasteiger partial charge >= 0.3 is 0 Å². The van der Waals surface area contributed by atoms with E-state index in [9.17, 15) is 5.11 Å². The van der Waals surface area contributed by atoms with E-state index in [1.54, 1.807) is 17.7 Å². The maximum Gasteiger partial charge on any atom is 0.154 e. The number of rotatable bonds is 4. The smallest absolute Gasteiger partial charge is 0.154 e. The molecule has 1 unspecified atom stereocenters. The molecule has 2 atom stereocenters. The van der Waals surface area contributed by atoms with Crippen molar-refractivity contribution in [2.24, 2.45) is 5.73 Å². The zero-order valence-electron chi connectivity index (χ0n) is 15.2. The third-order valence-electron chi connectivity index (χ3n) is 4.50. The second-order valence-electron chi connectivity index (χ2n) is 6.66. The van der Waals surface area contributed by atoms with E-state index < -0.39 is 6.10 Å². The van der Waals surface area contributed by atoms with Gasteiger partial charge in [-0.2, -0.15) is 5.10 Å². The highest BCUT2D eigenvalue weighted by atomic mass is 16.3. The Bertz CT molecular complexity index is 1100. The number of pyridine rings is 2. The van der Waals surface area contributed by atoms with Crippen LogP contribution in [0.4, 0.5) is 0 Å². The fourth-order valence-electron chi connectivity index (χ4n) is 3.02. The topological polar surface area (TPSA) is 89.8 Å². The Hall–Kier alpha value is -3.09. The lowest BCUT2D eigenvalue weighted by Gasteiger charge is -2.09. The number of benzene rings is 1. The van der Waals surface area contributed by atoms with Gasteiger partial charge < -0.3 is 10.8 Å². The van der Waals surface area contributed by atoms with E-state index in [1.807, 2.05) is 61.7 Å². The van der Waals surface area contributed by atoms with E-state index >= 15 is 0 Å². The fourth-order valence-corrected chi connectivity index (χ4v) is 3.02. The molecule has 0 aliphatic heterocycles. The van der Waals surface area contributed by atoms with Crippen molar-refractivity contribution in [3.8, 4) is 17.1 Å². The van der Waals surface area contributed by atoms with Gasteiger partial charge in [0, 0.05) is 17.0 Å². The molecule has 4 rings (SSSR count). The molecule has 27 heavy (non-hydrogen) atoms. The number of fused-ring (bicyclic) bond motifs is 1. The van der Waals surface area contributed by atoms with E-state index in [-0.39, 0.29) is 6.04 Å². The van der Waals surface area contributed by atoms with Crippen molar-refractivity contribution in [3.05, 3.63) is 72.2 Å². The van der Waals surface area contributed by atoms with E-state index in [1.165, 1.54) is 0 Å². The Morgan fingerprint density at radius 3 is 2.52 bits per heavy atom. The first-order valence-electron chi connectivity index (χ1n) is 8.89. The maximum absolute atomic E-state index is 9.81. The highest BCUT2D eigenvalue weighted by Crippen LogP contribution is 2.25. The highest BCUT2D eigenvalue weighted by Gasteiger charge is 2.11. The van der Waals surface area contributed by atoms with Crippen molar-refractivity contribution >= 4 is 10.9 Å². The Morgan fingerprint density at radius 1 is 0.963 bits per heavy atom. The van der Waals surface area contributed by atoms with Crippen molar-refractivity contribution in [1.29, 1.82) is 0 Å². The summed E-state index contributed by atoms with van der Waals surface area (Å²) in [5.41, 5.74) is 10.2. The SMILES string of the molecule is CC(O)c1cccc(-n2ncc3ccc(-c4cccc([C@H](C)N)n4)cc32)n1. The second kappa shape index (κ2) is 6.90. The first kappa shape index (κ1) is 17.3. The molecule has 6 heteroatoms. The molecule has 0 fully saturated rings. The first-order chi connectivity index (χ1) is 13.0. The average molecular weight is 359 g/mol. The summed E-state index contributed by atoms with van der Waals surface area (Å²) in [6.45, 7) is 3.62. The number of aromatic nitrogens is 4. The number of aliphatic hydroxyl groups excluding tert-OH is 1. The summed E-state index contributed by atoms with van der Waals surface area (Å²) >= 11 is 0. The molecule has 0 radical (unpaired) electrons. The van der Waals surface area contributed by atoms with Crippen LogP contribution in [0.3, 0.4) is 0 Å². The molecule has 4 aromatic rings. The Balaban J connectivity index is 1.82. The van der Waals surface area contributed by atoms with Gasteiger partial charge in [0.05, 0.1) is 34.9 Å². The normalized spacial score (nSPS) is 13.6. The molecular formula is C21H21N5O. The molecule has 3 N–H and O–H groups in total. The number of hydrogen-bond donors (Lipinski definition) is 2. The summed E-state index contributed by atoms with van der Waals surface area (Å²) in [5.74, 6) is 0.665. The lowest BCUT2D eigenvalue weighted by atomic mass is 10.1. The minimum Gasteiger partial charge on any atom is -0.387 e. The molecule has 0 aliphatic carbocycles. The predicted octanol–water partition coefficient (Wildman–Crippen LogP) is 3.56. The molecular weight excluding hydrogens is 338 g/mol. The second-order valence-corrected chi connectivity index (χ2v) is 6.66. The first-order valence-corrected chi connectivity index (χ1v) is 8.89. The number of hydrogen-bond acceptors (Lipinski definition) is 5. The standard InChI is InChI=1S/C21H21N5O/c1-13(22)17-5-3-7-19(24-17)15-9-10-16-12-23-26(20(16)11-15)21-8-4-6-18(25-21)14(2)27/h3-14,27H,22H2,1-2H3/t13-,14?/m0/s1. The van der Waals surface area contributed by atoms with Crippen LogP contribution in [-0.4, -0.2) is 24.9 Å². The van der Waals surface area contributed by atoms with Crippen molar-refractivity contribution in [2.45, 2.75) is 26.0 Å². The van der Waals surface area contributed by atoms with E-state index in [4.69, 9.17) is 5.73 Å². The van der Waals surface area contributed by atoms with Crippen molar-refractivity contribution in [2.75, 3.05) is 0 Å². The van der Waals surface area contributed by atoms with Crippen LogP contribution in [0.25, 0.3) is 28.0 Å². The van der Waals surface area contributed by atoms with Gasteiger partial charge in [-0.15, -0.1) is 0 Å². The highest BCUT2D eigenvalue weighted by molar-refractivity contribution is 5.84. The van der Waals surface area contributed by atoms with Crippen LogP contribution in [-0.2, 0) is 0 Å². The van der Waals surface area contributed by atoms with Crippen LogP contribution < -0.4 is 5.73 Å². The Morgan fingerprint density at radius 2 is 1.74 bits per heavy atom. The molecule has 3 heterocycles. The van der Waals surface area contributed by atoms with Crippen molar-refractivity contribution < 1.29 is 5.11 Å². The molecule has 6 nitrogen and oxygen atoms in total. The summed E-state index contributed by atoms with van der Waals surface area (Å²) in [5, 5.41) is 15.3. The Labute approximate surface area is 157 Å². The lowest BCUT2D eigenvalue weighted by Crippen LogP contribution is -2.07. The van der Waals surface area contributed by atoms with Gasteiger partial charge in [0.2, 0.25) is 0 Å². The molecule has 3 aromatic heterocycles. The van der Waals surface area contributed by atoms with Crippen LogP contribution in [0.1, 0.15) is 37.4 Å². The minimum atomic E-state index is -0.632. The van der Waals surface area contributed by atoms with E-state index in [0.29, 0.717) is 11.5 Å². The zero-order chi connectivity index (χ0) is 19.0. The molecule has 0 saturated heterocycles. The summed E-state index contributed by atoms with van der Waals surface area (Å²) in [6.07, 6.45) is 1.18. The monoisotopic (exact) mass is 359 g/mol. The van der Waals surface area contributed by atoms with Crippen LogP contribution >= 0.6 is 0 Å². The van der Waals surface area contributed by atoms with Crippen molar-refractivity contribution in [1.82, 2.24) is 19.7 Å². The molecule has 0 spiro atoms. The van der Waals surface area contributed by atoms with Crippen LogP contribution in [0, 0.1) is 0 Å². The number of nitrogens with two attached hydrogens (primary N) is 1. The summed E-state index contributed by atoms with van der Waals surface area (Å²) in [7, 11) is 0. The number of aliphatic hydroxyl groups is 1. The summed E-state index contributed by atoms with van der Waals surface area (Å²) in [4.78, 5) is 9.19. The van der Waals surface area contributed by atoms with Gasteiger partial charge in [0.15, 0.2) is 5.82 Å². The minimum absolute atomic E-state index is 0.119. The molecule has 0 amide bonds. The quantitative estimate of drug-likeness (QED) is 0.581. The molecule has 136 valence electrons. The molecule has 0 aliphatic rings. The van der Waals surface area contributed by atoms with Crippen LogP contribution in [0.15, 0.2) is 60.8 Å². The average Bonchev–Trinajstić information content (AvgIpc) is 3.11. The largest absolute Gasteiger partial charge is 0.387 e. The fraction of sp³-hybridized carbons (Fsp3) is 0.190. The van der Waals surface area contributed by atoms with Gasteiger partial charge in [-0.3, -0.25) is 4.98 Å². The summed E-state index contributed by atoms with van der Waals surface area (Å²) in [6, 6.07) is 17.4.